The zero-order valence-corrected chi connectivity index (χ0v) is 15.3. The van der Waals surface area contributed by atoms with Crippen molar-refractivity contribution in [2.75, 3.05) is 25.2 Å². The molecule has 26 heavy (non-hydrogen) atoms. The van der Waals surface area contributed by atoms with Crippen molar-refractivity contribution in [1.29, 1.82) is 0 Å². The van der Waals surface area contributed by atoms with Crippen LogP contribution in [0.25, 0.3) is 5.69 Å². The van der Waals surface area contributed by atoms with E-state index < -0.39 is 0 Å². The molecule has 4 nitrogen and oxygen atoms in total. The number of aryl methyl sites for hydroxylation is 1. The normalized spacial score (nSPS) is 16.8. The molecule has 1 saturated heterocycles. The Hall–Kier alpha value is -2.72. The molecule has 1 aliphatic rings. The molecular formula is C22H24N2O2. The first-order valence-electron chi connectivity index (χ1n) is 9.09. The van der Waals surface area contributed by atoms with Crippen molar-refractivity contribution in [3.63, 3.8) is 0 Å². The molecule has 2 heterocycles. The number of ether oxygens (including phenoxy) is 2. The van der Waals surface area contributed by atoms with Gasteiger partial charge in [-0.15, -0.1) is 0 Å². The van der Waals surface area contributed by atoms with E-state index in [2.05, 4.69) is 65.2 Å². The van der Waals surface area contributed by atoms with Crippen LogP contribution in [-0.2, 0) is 11.2 Å². The predicted octanol–water partition coefficient (Wildman–Crippen LogP) is 4.58. The van der Waals surface area contributed by atoms with Gasteiger partial charge in [0.25, 0.3) is 0 Å². The van der Waals surface area contributed by atoms with Crippen LogP contribution in [0.4, 0.5) is 5.69 Å². The molecule has 0 amide bonds. The molecular weight excluding hydrogens is 324 g/mol. The van der Waals surface area contributed by atoms with Crippen LogP contribution in [0.2, 0.25) is 0 Å². The smallest absolute Gasteiger partial charge is 0.158 e. The highest BCUT2D eigenvalue weighted by molar-refractivity contribution is 5.60. The number of hydrogen-bond donors (Lipinski definition) is 0. The molecule has 0 aliphatic carbocycles. The molecule has 1 aromatic heterocycles. The number of rotatable bonds is 5. The molecule has 4 heteroatoms. The van der Waals surface area contributed by atoms with Gasteiger partial charge in [-0.1, -0.05) is 37.3 Å². The molecule has 0 radical (unpaired) electrons. The van der Waals surface area contributed by atoms with Crippen molar-refractivity contribution in [1.82, 2.24) is 4.57 Å². The van der Waals surface area contributed by atoms with Crippen LogP contribution in [0, 0.1) is 0 Å². The number of nitrogens with zero attached hydrogens (tertiary/aromatic N) is 2. The van der Waals surface area contributed by atoms with E-state index in [1.165, 1.54) is 11.3 Å². The third kappa shape index (κ3) is 2.97. The van der Waals surface area contributed by atoms with Crippen LogP contribution in [0.5, 0.6) is 5.75 Å². The Morgan fingerprint density at radius 1 is 1.04 bits per heavy atom. The molecule has 0 spiro atoms. The molecule has 1 unspecified atom stereocenters. The first-order valence-corrected chi connectivity index (χ1v) is 9.09. The third-order valence-corrected chi connectivity index (χ3v) is 4.94. The summed E-state index contributed by atoms with van der Waals surface area (Å²) in [6.45, 7) is 3.74. The molecule has 1 aliphatic heterocycles. The van der Waals surface area contributed by atoms with Crippen molar-refractivity contribution in [3.8, 4) is 11.4 Å². The zero-order valence-electron chi connectivity index (χ0n) is 15.3. The summed E-state index contributed by atoms with van der Waals surface area (Å²) in [6.07, 6.45) is 5.21. The number of para-hydroxylation sites is 3. The lowest BCUT2D eigenvalue weighted by Gasteiger charge is -2.26. The average Bonchev–Trinajstić information content (AvgIpc) is 3.37. The van der Waals surface area contributed by atoms with Crippen LogP contribution >= 0.6 is 0 Å². The van der Waals surface area contributed by atoms with Gasteiger partial charge in [-0.3, -0.25) is 0 Å². The number of hydrogen-bond acceptors (Lipinski definition) is 3. The van der Waals surface area contributed by atoms with Gasteiger partial charge in [-0.2, -0.15) is 0 Å². The molecule has 0 saturated carbocycles. The summed E-state index contributed by atoms with van der Waals surface area (Å²) in [5.74, 6) is 0.874. The Balaban J connectivity index is 1.66. The van der Waals surface area contributed by atoms with Crippen molar-refractivity contribution in [2.24, 2.45) is 0 Å². The minimum absolute atomic E-state index is 0.0960. The summed E-state index contributed by atoms with van der Waals surface area (Å²) in [4.78, 5) is 2.27. The average molecular weight is 348 g/mol. The van der Waals surface area contributed by atoms with E-state index in [9.17, 15) is 0 Å². The molecule has 2 aromatic carbocycles. The molecule has 134 valence electrons. The Morgan fingerprint density at radius 2 is 1.81 bits per heavy atom. The SMILES string of the molecule is CCc1ccccc1-n1ccc(C2OCCN2c2ccccc2OC)c1. The molecule has 1 atom stereocenters. The highest BCUT2D eigenvalue weighted by Crippen LogP contribution is 2.37. The number of methoxy groups -OCH3 is 1. The third-order valence-electron chi connectivity index (χ3n) is 4.94. The summed E-state index contributed by atoms with van der Waals surface area (Å²) >= 11 is 0. The maximum absolute atomic E-state index is 6.07. The van der Waals surface area contributed by atoms with Gasteiger partial charge in [0.05, 0.1) is 19.4 Å². The second-order valence-corrected chi connectivity index (χ2v) is 6.42. The van der Waals surface area contributed by atoms with Gasteiger partial charge < -0.3 is 18.9 Å². The predicted molar refractivity (Wildman–Crippen MR) is 104 cm³/mol. The van der Waals surface area contributed by atoms with Gasteiger partial charge in [0.15, 0.2) is 6.23 Å². The largest absolute Gasteiger partial charge is 0.495 e. The van der Waals surface area contributed by atoms with E-state index >= 15 is 0 Å². The van der Waals surface area contributed by atoms with Crippen LogP contribution in [-0.4, -0.2) is 24.8 Å². The summed E-state index contributed by atoms with van der Waals surface area (Å²) in [5.41, 5.74) is 4.78. The number of anilines is 1. The highest BCUT2D eigenvalue weighted by Gasteiger charge is 2.29. The fourth-order valence-electron chi connectivity index (χ4n) is 3.63. The topological polar surface area (TPSA) is 26.6 Å². The van der Waals surface area contributed by atoms with E-state index in [-0.39, 0.29) is 6.23 Å². The number of benzene rings is 2. The Kier molecular flexibility index (Phi) is 4.67. The molecule has 4 rings (SSSR count). The van der Waals surface area contributed by atoms with Crippen LogP contribution < -0.4 is 9.64 Å². The van der Waals surface area contributed by atoms with E-state index in [1.807, 2.05) is 18.2 Å². The molecule has 0 N–H and O–H groups in total. The Morgan fingerprint density at radius 3 is 2.62 bits per heavy atom. The lowest BCUT2D eigenvalue weighted by Crippen LogP contribution is -2.23. The zero-order chi connectivity index (χ0) is 17.9. The lowest BCUT2D eigenvalue weighted by atomic mass is 10.1. The minimum Gasteiger partial charge on any atom is -0.495 e. The summed E-state index contributed by atoms with van der Waals surface area (Å²) in [5, 5.41) is 0. The molecule has 0 bridgehead atoms. The summed E-state index contributed by atoms with van der Waals surface area (Å²) in [6, 6.07) is 18.8. The number of aromatic nitrogens is 1. The van der Waals surface area contributed by atoms with E-state index in [0.717, 1.165) is 30.0 Å². The Bertz CT molecular complexity index is 887. The van der Waals surface area contributed by atoms with Crippen LogP contribution in [0.15, 0.2) is 67.0 Å². The van der Waals surface area contributed by atoms with Gasteiger partial charge in [0.1, 0.15) is 5.75 Å². The van der Waals surface area contributed by atoms with Crippen molar-refractivity contribution < 1.29 is 9.47 Å². The highest BCUT2D eigenvalue weighted by atomic mass is 16.5. The lowest BCUT2D eigenvalue weighted by molar-refractivity contribution is 0.113. The van der Waals surface area contributed by atoms with Gasteiger partial charge in [-0.05, 0) is 36.2 Å². The van der Waals surface area contributed by atoms with Crippen LogP contribution in [0.3, 0.4) is 0 Å². The maximum atomic E-state index is 6.07. The van der Waals surface area contributed by atoms with Gasteiger partial charge in [0.2, 0.25) is 0 Å². The van der Waals surface area contributed by atoms with Crippen molar-refractivity contribution in [2.45, 2.75) is 19.6 Å². The maximum Gasteiger partial charge on any atom is 0.158 e. The van der Waals surface area contributed by atoms with E-state index in [0.29, 0.717) is 6.61 Å². The first kappa shape index (κ1) is 16.7. The quantitative estimate of drug-likeness (QED) is 0.675. The van der Waals surface area contributed by atoms with Crippen LogP contribution in [0.1, 0.15) is 24.3 Å². The van der Waals surface area contributed by atoms with E-state index in [4.69, 9.17) is 9.47 Å². The van der Waals surface area contributed by atoms with Gasteiger partial charge >= 0.3 is 0 Å². The van der Waals surface area contributed by atoms with E-state index in [1.54, 1.807) is 7.11 Å². The van der Waals surface area contributed by atoms with Gasteiger partial charge in [0, 0.05) is 30.2 Å². The van der Waals surface area contributed by atoms with Gasteiger partial charge in [-0.25, -0.2) is 0 Å². The monoisotopic (exact) mass is 348 g/mol. The second kappa shape index (κ2) is 7.26. The fraction of sp³-hybridized carbons (Fsp3) is 0.273. The summed E-state index contributed by atoms with van der Waals surface area (Å²) in [7, 11) is 1.71. The fourth-order valence-corrected chi connectivity index (χ4v) is 3.63. The second-order valence-electron chi connectivity index (χ2n) is 6.42. The molecule has 1 fully saturated rings. The van der Waals surface area contributed by atoms with Crippen molar-refractivity contribution >= 4 is 5.69 Å². The standard InChI is InChI=1S/C22H24N2O2/c1-3-17-8-4-5-9-19(17)23-13-12-18(16-23)22-24(14-15-26-22)20-10-6-7-11-21(20)25-2/h4-13,16,22H,3,14-15H2,1-2H3. The van der Waals surface area contributed by atoms with Crippen molar-refractivity contribution in [3.05, 3.63) is 78.1 Å². The minimum atomic E-state index is -0.0960. The molecule has 3 aromatic rings. The first-order chi connectivity index (χ1) is 12.8. The Labute approximate surface area is 154 Å². The summed E-state index contributed by atoms with van der Waals surface area (Å²) < 4.78 is 13.8.